The van der Waals surface area contributed by atoms with Crippen LogP contribution >= 0.6 is 11.6 Å². The lowest BCUT2D eigenvalue weighted by Crippen LogP contribution is -2.46. The fourth-order valence-electron chi connectivity index (χ4n) is 3.00. The molecule has 1 heterocycles. The number of hydrogen-bond donors (Lipinski definition) is 4. The summed E-state index contributed by atoms with van der Waals surface area (Å²) < 4.78 is 33.1. The molecule has 0 radical (unpaired) electrons. The van der Waals surface area contributed by atoms with Crippen molar-refractivity contribution in [1.29, 1.82) is 0 Å². The van der Waals surface area contributed by atoms with Crippen molar-refractivity contribution in [2.45, 2.75) is 11.8 Å². The van der Waals surface area contributed by atoms with Crippen molar-refractivity contribution in [1.82, 2.24) is 16.2 Å². The van der Waals surface area contributed by atoms with Crippen LogP contribution in [0, 0.1) is 5.92 Å². The molecule has 0 bridgehead atoms. The number of hydrazine groups is 1. The molecule has 1 fully saturated rings. The van der Waals surface area contributed by atoms with Crippen molar-refractivity contribution >= 4 is 33.2 Å². The Morgan fingerprint density at radius 2 is 1.86 bits per heavy atom. The molecule has 29 heavy (non-hydrogen) atoms. The number of sulfonamides is 1. The predicted octanol–water partition coefficient (Wildman–Crippen LogP) is 1.50. The number of nitrogens with one attached hydrogen (secondary N) is 4. The third-order valence-electron chi connectivity index (χ3n) is 4.58. The number of methoxy groups -OCH3 is 1. The van der Waals surface area contributed by atoms with Gasteiger partial charge in [-0.05, 0) is 48.4 Å². The summed E-state index contributed by atoms with van der Waals surface area (Å²) >= 11 is 5.86. The van der Waals surface area contributed by atoms with Gasteiger partial charge in [-0.2, -0.15) is 0 Å². The van der Waals surface area contributed by atoms with Crippen LogP contribution < -0.4 is 25.6 Å². The van der Waals surface area contributed by atoms with E-state index in [9.17, 15) is 13.2 Å². The van der Waals surface area contributed by atoms with E-state index in [4.69, 9.17) is 16.3 Å². The molecule has 10 heteroatoms. The largest absolute Gasteiger partial charge is 0.497 e. The number of halogens is 1. The minimum atomic E-state index is -3.85. The van der Waals surface area contributed by atoms with Gasteiger partial charge in [0.2, 0.25) is 5.91 Å². The molecule has 3 rings (SSSR count). The van der Waals surface area contributed by atoms with Crippen molar-refractivity contribution in [3.8, 4) is 5.75 Å². The highest BCUT2D eigenvalue weighted by Crippen LogP contribution is 2.20. The van der Waals surface area contributed by atoms with Crippen LogP contribution in [0.2, 0.25) is 5.02 Å². The molecule has 1 amide bonds. The van der Waals surface area contributed by atoms with Gasteiger partial charge in [0.15, 0.2) is 5.37 Å². The lowest BCUT2D eigenvalue weighted by atomic mass is 10.1. The zero-order valence-electron chi connectivity index (χ0n) is 15.8. The summed E-state index contributed by atoms with van der Waals surface area (Å²) in [7, 11) is -2.32. The Hall–Kier alpha value is -2.33. The maximum atomic E-state index is 12.8. The van der Waals surface area contributed by atoms with Crippen LogP contribution in [0.4, 0.5) is 5.69 Å². The lowest BCUT2D eigenvalue weighted by molar-refractivity contribution is -0.124. The van der Waals surface area contributed by atoms with Gasteiger partial charge in [0, 0.05) is 23.8 Å². The van der Waals surface area contributed by atoms with E-state index in [0.29, 0.717) is 29.4 Å². The van der Waals surface area contributed by atoms with Crippen molar-refractivity contribution in [3.63, 3.8) is 0 Å². The smallest absolute Gasteiger partial charge is 0.250 e. The first kappa shape index (κ1) is 21.4. The molecule has 0 aromatic heterocycles. The highest BCUT2D eigenvalue weighted by Gasteiger charge is 2.41. The van der Waals surface area contributed by atoms with Gasteiger partial charge in [0.1, 0.15) is 5.75 Å². The molecular weight excluding hydrogens is 416 g/mol. The van der Waals surface area contributed by atoms with Crippen LogP contribution in [0.15, 0.2) is 48.5 Å². The lowest BCUT2D eigenvalue weighted by Gasteiger charge is -2.19. The van der Waals surface area contributed by atoms with Gasteiger partial charge in [-0.15, -0.1) is 0 Å². The number of anilines is 1. The minimum Gasteiger partial charge on any atom is -0.497 e. The standard InChI is InChI=1S/C19H23ClN4O4S/c1-28-16-8-6-15(7-9-16)24-29(26,27)19-17(12-22-23-19)18(25)21-11-10-13-2-4-14(20)5-3-13/h2-9,17,19,22-24H,10-12H2,1H3,(H,21,25). The quantitative estimate of drug-likeness (QED) is 0.497. The van der Waals surface area contributed by atoms with Crippen LogP contribution in [0.5, 0.6) is 5.75 Å². The van der Waals surface area contributed by atoms with E-state index in [1.54, 1.807) is 36.4 Å². The molecule has 0 spiro atoms. The molecule has 0 aliphatic carbocycles. The van der Waals surface area contributed by atoms with Crippen molar-refractivity contribution in [2.24, 2.45) is 5.92 Å². The molecule has 2 unspecified atom stereocenters. The Labute approximate surface area is 175 Å². The molecule has 2 aromatic rings. The fraction of sp³-hybridized carbons (Fsp3) is 0.316. The number of ether oxygens (including phenoxy) is 1. The maximum absolute atomic E-state index is 12.8. The van der Waals surface area contributed by atoms with E-state index in [2.05, 4.69) is 20.9 Å². The predicted molar refractivity (Wildman–Crippen MR) is 112 cm³/mol. The monoisotopic (exact) mass is 438 g/mol. The molecule has 1 aliphatic heterocycles. The van der Waals surface area contributed by atoms with Crippen LogP contribution in [0.25, 0.3) is 0 Å². The number of benzene rings is 2. The van der Waals surface area contributed by atoms with Gasteiger partial charge in [-0.3, -0.25) is 14.9 Å². The Balaban J connectivity index is 1.58. The second-order valence-electron chi connectivity index (χ2n) is 6.60. The third kappa shape index (κ3) is 5.60. The molecule has 156 valence electrons. The van der Waals surface area contributed by atoms with E-state index in [1.807, 2.05) is 12.1 Å². The second-order valence-corrected chi connectivity index (χ2v) is 8.83. The molecule has 8 nitrogen and oxygen atoms in total. The molecule has 1 saturated heterocycles. The number of hydrogen-bond acceptors (Lipinski definition) is 6. The molecule has 4 N–H and O–H groups in total. The summed E-state index contributed by atoms with van der Waals surface area (Å²) in [6.45, 7) is 0.608. The first-order valence-electron chi connectivity index (χ1n) is 9.05. The van der Waals surface area contributed by atoms with Gasteiger partial charge < -0.3 is 10.1 Å². The molecule has 2 aromatic carbocycles. The molecule has 2 atom stereocenters. The van der Waals surface area contributed by atoms with Gasteiger partial charge in [0.25, 0.3) is 10.0 Å². The van der Waals surface area contributed by atoms with Crippen LogP contribution in [-0.2, 0) is 21.2 Å². The van der Waals surface area contributed by atoms with Crippen molar-refractivity contribution < 1.29 is 17.9 Å². The summed E-state index contributed by atoms with van der Waals surface area (Å²) in [5, 5.41) is 2.36. The molecule has 1 aliphatic rings. The average molecular weight is 439 g/mol. The van der Waals surface area contributed by atoms with Crippen molar-refractivity contribution in [2.75, 3.05) is 24.9 Å². The number of carbonyl (C=O) groups excluding carboxylic acids is 1. The van der Waals surface area contributed by atoms with Gasteiger partial charge in [-0.25, -0.2) is 13.8 Å². The highest BCUT2D eigenvalue weighted by molar-refractivity contribution is 7.93. The van der Waals surface area contributed by atoms with E-state index < -0.39 is 21.3 Å². The van der Waals surface area contributed by atoms with Crippen LogP contribution in [0.1, 0.15) is 5.56 Å². The summed E-state index contributed by atoms with van der Waals surface area (Å²) in [5.74, 6) is -0.482. The molecule has 0 saturated carbocycles. The zero-order chi connectivity index (χ0) is 20.9. The summed E-state index contributed by atoms with van der Waals surface area (Å²) in [6, 6.07) is 13.9. The van der Waals surface area contributed by atoms with Gasteiger partial charge >= 0.3 is 0 Å². The van der Waals surface area contributed by atoms with Gasteiger partial charge in [0.05, 0.1) is 13.0 Å². The van der Waals surface area contributed by atoms with Crippen LogP contribution in [-0.4, -0.2) is 39.9 Å². The van der Waals surface area contributed by atoms with Crippen LogP contribution in [0.3, 0.4) is 0 Å². The van der Waals surface area contributed by atoms with E-state index in [-0.39, 0.29) is 12.5 Å². The normalized spacial score (nSPS) is 19.0. The highest BCUT2D eigenvalue weighted by atomic mass is 35.5. The fourth-order valence-corrected chi connectivity index (χ4v) is 4.61. The zero-order valence-corrected chi connectivity index (χ0v) is 17.4. The number of amides is 1. The van der Waals surface area contributed by atoms with E-state index in [0.717, 1.165) is 5.56 Å². The third-order valence-corrected chi connectivity index (χ3v) is 6.47. The van der Waals surface area contributed by atoms with E-state index >= 15 is 0 Å². The Morgan fingerprint density at radius 3 is 2.52 bits per heavy atom. The number of carbonyl (C=O) groups is 1. The Bertz CT molecular complexity index is 936. The molecular formula is C19H23ClN4O4S. The summed E-state index contributed by atoms with van der Waals surface area (Å²) in [6.07, 6.45) is 0.623. The first-order valence-corrected chi connectivity index (χ1v) is 11.0. The summed E-state index contributed by atoms with van der Waals surface area (Å²) in [4.78, 5) is 12.6. The maximum Gasteiger partial charge on any atom is 0.250 e. The first-order chi connectivity index (χ1) is 13.9. The second kappa shape index (κ2) is 9.45. The van der Waals surface area contributed by atoms with Crippen molar-refractivity contribution in [3.05, 3.63) is 59.1 Å². The minimum absolute atomic E-state index is 0.209. The average Bonchev–Trinajstić information content (AvgIpc) is 3.21. The number of rotatable bonds is 8. The topological polar surface area (TPSA) is 109 Å². The SMILES string of the molecule is COc1ccc(NS(=O)(=O)C2NNCC2C(=O)NCCc2ccc(Cl)cc2)cc1. The summed E-state index contributed by atoms with van der Waals surface area (Å²) in [5.41, 5.74) is 6.87. The Kier molecular flexibility index (Phi) is 6.96. The Morgan fingerprint density at radius 1 is 1.17 bits per heavy atom. The van der Waals surface area contributed by atoms with E-state index in [1.165, 1.54) is 7.11 Å². The van der Waals surface area contributed by atoms with Gasteiger partial charge in [-0.1, -0.05) is 23.7 Å².